The summed E-state index contributed by atoms with van der Waals surface area (Å²) < 4.78 is 1.94. The van der Waals surface area contributed by atoms with Crippen molar-refractivity contribution in [2.75, 3.05) is 0 Å². The van der Waals surface area contributed by atoms with Crippen LogP contribution in [0.15, 0.2) is 21.7 Å². The molecule has 4 nitrogen and oxygen atoms in total. The van der Waals surface area contributed by atoms with E-state index in [1.165, 1.54) is 23.9 Å². The average Bonchev–Trinajstić information content (AvgIpc) is 1.96. The largest absolute Gasteiger partial charge is 0.347 e. The highest BCUT2D eigenvalue weighted by Crippen LogP contribution is 2.02. The van der Waals surface area contributed by atoms with Gasteiger partial charge >= 0.3 is 5.69 Å². The van der Waals surface area contributed by atoms with Crippen molar-refractivity contribution in [2.45, 2.75) is 13.5 Å². The molecule has 0 aliphatic rings. The van der Waals surface area contributed by atoms with Gasteiger partial charge in [-0.2, -0.15) is 0 Å². The maximum absolute atomic E-state index is 11.0. The first kappa shape index (κ1) is 9.12. The lowest BCUT2D eigenvalue weighted by atomic mass is 10.4. The van der Waals surface area contributed by atoms with Crippen molar-refractivity contribution >= 4 is 21.7 Å². The predicted molar refractivity (Wildman–Crippen MR) is 46.9 cm³/mol. The number of Topliss-reactive ketones (excluding diaryl/α,β-unsaturated/α-hetero) is 1. The summed E-state index contributed by atoms with van der Waals surface area (Å²) in [5.41, 5.74) is -0.409. The van der Waals surface area contributed by atoms with Gasteiger partial charge in [-0.25, -0.2) is 9.78 Å². The van der Waals surface area contributed by atoms with Crippen LogP contribution < -0.4 is 5.69 Å². The molecule has 0 aromatic carbocycles. The Morgan fingerprint density at radius 2 is 2.42 bits per heavy atom. The first-order valence-corrected chi connectivity index (χ1v) is 4.10. The van der Waals surface area contributed by atoms with Crippen molar-refractivity contribution in [3.63, 3.8) is 0 Å². The first-order valence-electron chi connectivity index (χ1n) is 3.31. The van der Waals surface area contributed by atoms with Gasteiger partial charge in [0, 0.05) is 12.4 Å². The maximum Gasteiger partial charge on any atom is 0.347 e. The van der Waals surface area contributed by atoms with Crippen LogP contribution in [0.3, 0.4) is 0 Å². The second-order valence-corrected chi connectivity index (χ2v) is 3.30. The van der Waals surface area contributed by atoms with E-state index in [9.17, 15) is 9.59 Å². The first-order chi connectivity index (χ1) is 5.59. The molecule has 0 aliphatic heterocycles. The second-order valence-electron chi connectivity index (χ2n) is 2.38. The maximum atomic E-state index is 11.0. The minimum Gasteiger partial charge on any atom is -0.298 e. The van der Waals surface area contributed by atoms with E-state index < -0.39 is 5.69 Å². The summed E-state index contributed by atoms with van der Waals surface area (Å²) in [4.78, 5) is 25.2. The van der Waals surface area contributed by atoms with Gasteiger partial charge in [0.1, 0.15) is 5.78 Å². The smallest absolute Gasteiger partial charge is 0.298 e. The lowest BCUT2D eigenvalue weighted by Gasteiger charge is -2.00. The normalized spacial score (nSPS) is 9.83. The van der Waals surface area contributed by atoms with Crippen LogP contribution in [0.1, 0.15) is 6.92 Å². The van der Waals surface area contributed by atoms with Crippen LogP contribution in [-0.4, -0.2) is 15.3 Å². The third-order valence-electron chi connectivity index (χ3n) is 1.22. The molecule has 1 aromatic rings. The number of halogens is 1. The van der Waals surface area contributed by atoms with Gasteiger partial charge in [0.05, 0.1) is 11.0 Å². The van der Waals surface area contributed by atoms with E-state index in [4.69, 9.17) is 0 Å². The lowest BCUT2D eigenvalue weighted by Crippen LogP contribution is -2.24. The quantitative estimate of drug-likeness (QED) is 0.748. The molecule has 0 radical (unpaired) electrons. The summed E-state index contributed by atoms with van der Waals surface area (Å²) in [6.07, 6.45) is 2.94. The number of hydrogen-bond donors (Lipinski definition) is 0. The molecule has 1 heterocycles. The van der Waals surface area contributed by atoms with Gasteiger partial charge in [0.25, 0.3) is 0 Å². The Balaban J connectivity index is 3.06. The molecule has 0 bridgehead atoms. The van der Waals surface area contributed by atoms with Crippen LogP contribution in [0.25, 0.3) is 0 Å². The zero-order valence-corrected chi connectivity index (χ0v) is 8.04. The van der Waals surface area contributed by atoms with E-state index in [-0.39, 0.29) is 12.3 Å². The zero-order valence-electron chi connectivity index (χ0n) is 6.45. The second kappa shape index (κ2) is 3.62. The highest BCUT2D eigenvalue weighted by atomic mass is 79.9. The summed E-state index contributed by atoms with van der Waals surface area (Å²) in [5, 5.41) is 0. The van der Waals surface area contributed by atoms with Crippen LogP contribution in [-0.2, 0) is 11.3 Å². The van der Waals surface area contributed by atoms with Crippen molar-refractivity contribution in [2.24, 2.45) is 0 Å². The van der Waals surface area contributed by atoms with E-state index in [0.29, 0.717) is 4.47 Å². The van der Waals surface area contributed by atoms with Crippen LogP contribution in [0.2, 0.25) is 0 Å². The monoisotopic (exact) mass is 230 g/mol. The van der Waals surface area contributed by atoms with Gasteiger partial charge in [0.2, 0.25) is 0 Å². The van der Waals surface area contributed by atoms with E-state index >= 15 is 0 Å². The number of aromatic nitrogens is 2. The molecule has 0 saturated carbocycles. The fourth-order valence-corrected chi connectivity index (χ4v) is 1.13. The molecule has 5 heteroatoms. The van der Waals surface area contributed by atoms with Crippen molar-refractivity contribution in [3.8, 4) is 0 Å². The number of nitrogens with zero attached hydrogens (tertiary/aromatic N) is 2. The van der Waals surface area contributed by atoms with E-state index in [2.05, 4.69) is 20.9 Å². The fraction of sp³-hybridized carbons (Fsp3) is 0.286. The van der Waals surface area contributed by atoms with Crippen molar-refractivity contribution in [1.82, 2.24) is 9.55 Å². The third kappa shape index (κ3) is 2.27. The summed E-state index contributed by atoms with van der Waals surface area (Å²) >= 11 is 3.15. The Morgan fingerprint density at radius 1 is 1.75 bits per heavy atom. The third-order valence-corrected chi connectivity index (χ3v) is 1.63. The molecule has 0 N–H and O–H groups in total. The van der Waals surface area contributed by atoms with Crippen LogP contribution in [0, 0.1) is 0 Å². The standard InChI is InChI=1S/C7H7BrN2O2/c1-5(11)3-10-4-6(8)2-9-7(10)12/h2,4H,3H2,1H3. The predicted octanol–water partition coefficient (Wildman–Crippen LogP) is 0.595. The molecule has 1 aromatic heterocycles. The minimum absolute atomic E-state index is 0.0722. The van der Waals surface area contributed by atoms with Gasteiger partial charge in [0.15, 0.2) is 0 Å². The topological polar surface area (TPSA) is 52.0 Å². The molecular formula is C7H7BrN2O2. The van der Waals surface area contributed by atoms with Gasteiger partial charge in [-0.05, 0) is 22.9 Å². The Hall–Kier alpha value is -0.970. The van der Waals surface area contributed by atoms with Crippen molar-refractivity contribution < 1.29 is 4.79 Å². The summed E-state index contributed by atoms with van der Waals surface area (Å²) in [6, 6.07) is 0. The molecule has 12 heavy (non-hydrogen) atoms. The fourth-order valence-electron chi connectivity index (χ4n) is 0.782. The van der Waals surface area contributed by atoms with Gasteiger partial charge in [-0.15, -0.1) is 0 Å². The molecule has 0 aliphatic carbocycles. The van der Waals surface area contributed by atoms with E-state index in [1.54, 1.807) is 0 Å². The van der Waals surface area contributed by atoms with E-state index in [0.717, 1.165) is 0 Å². The molecule has 0 atom stereocenters. The number of rotatable bonds is 2. The molecule has 0 saturated heterocycles. The van der Waals surface area contributed by atoms with Crippen LogP contribution >= 0.6 is 15.9 Å². The molecule has 0 unspecified atom stereocenters. The van der Waals surface area contributed by atoms with Crippen LogP contribution in [0.5, 0.6) is 0 Å². The number of carbonyl (C=O) groups is 1. The number of ketones is 1. The lowest BCUT2D eigenvalue weighted by molar-refractivity contribution is -0.117. The average molecular weight is 231 g/mol. The number of carbonyl (C=O) groups excluding carboxylic acids is 1. The van der Waals surface area contributed by atoms with E-state index in [1.807, 2.05) is 0 Å². The highest BCUT2D eigenvalue weighted by molar-refractivity contribution is 9.10. The Kier molecular flexibility index (Phi) is 2.75. The minimum atomic E-state index is -0.409. The van der Waals surface area contributed by atoms with Crippen LogP contribution in [0.4, 0.5) is 0 Å². The van der Waals surface area contributed by atoms with Gasteiger partial charge in [-0.1, -0.05) is 0 Å². The Bertz CT molecular complexity index is 359. The van der Waals surface area contributed by atoms with Gasteiger partial charge < -0.3 is 0 Å². The molecule has 0 amide bonds. The van der Waals surface area contributed by atoms with Crippen molar-refractivity contribution in [1.29, 1.82) is 0 Å². The molecule has 64 valence electrons. The number of hydrogen-bond acceptors (Lipinski definition) is 3. The molecule has 0 spiro atoms. The highest BCUT2D eigenvalue weighted by Gasteiger charge is 1.99. The summed E-state index contributed by atoms with van der Waals surface area (Å²) in [5.74, 6) is -0.0722. The zero-order chi connectivity index (χ0) is 9.14. The van der Waals surface area contributed by atoms with Crippen molar-refractivity contribution in [3.05, 3.63) is 27.4 Å². The SMILES string of the molecule is CC(=O)Cn1cc(Br)cnc1=O. The molecule has 1 rings (SSSR count). The summed E-state index contributed by atoms with van der Waals surface area (Å²) in [7, 11) is 0. The van der Waals surface area contributed by atoms with Gasteiger partial charge in [-0.3, -0.25) is 9.36 Å². The Labute approximate surface area is 77.4 Å². The molecular weight excluding hydrogens is 224 g/mol. The summed E-state index contributed by atoms with van der Waals surface area (Å²) in [6.45, 7) is 1.50. The Morgan fingerprint density at radius 3 is 3.00 bits per heavy atom. The molecule has 0 fully saturated rings.